The zero-order chi connectivity index (χ0) is 6.91. The molecule has 1 aliphatic carbocycles. The van der Waals surface area contributed by atoms with Gasteiger partial charge in [0.15, 0.2) is 5.78 Å². The zero-order valence-electron chi connectivity index (χ0n) is 4.89. The quantitative estimate of drug-likeness (QED) is 0.337. The number of hydrogen-bond donors (Lipinski definition) is 0. The highest BCUT2D eigenvalue weighted by molar-refractivity contribution is 6.38. The van der Waals surface area contributed by atoms with Crippen LogP contribution in [0.2, 0.25) is 0 Å². The molecule has 2 nitrogen and oxygen atoms in total. The first-order valence-electron chi connectivity index (χ1n) is 2.85. The molecule has 1 rings (SSSR count). The fourth-order valence-corrected chi connectivity index (χ4v) is 0.819. The lowest BCUT2D eigenvalue weighted by atomic mass is 10.2. The predicted octanol–water partition coefficient (Wildman–Crippen LogP) is 0.916. The van der Waals surface area contributed by atoms with E-state index in [4.69, 9.17) is 11.6 Å². The largest absolute Gasteiger partial charge is 0.303 e. The van der Waals surface area contributed by atoms with Gasteiger partial charge in [-0.3, -0.25) is 4.79 Å². The van der Waals surface area contributed by atoms with Crippen LogP contribution in [0.5, 0.6) is 0 Å². The lowest BCUT2D eigenvalue weighted by molar-refractivity contribution is -0.122. The number of carbonyl (C=O) groups excluding carboxylic acids is 2. The van der Waals surface area contributed by atoms with Crippen molar-refractivity contribution in [3.8, 4) is 0 Å². The highest BCUT2D eigenvalue weighted by atomic mass is 35.5. The second kappa shape index (κ2) is 2.10. The van der Waals surface area contributed by atoms with Crippen LogP contribution in [-0.4, -0.2) is 16.9 Å². The van der Waals surface area contributed by atoms with Crippen LogP contribution in [0.4, 0.5) is 0 Å². The second-order valence-corrected chi connectivity index (χ2v) is 2.98. The van der Waals surface area contributed by atoms with E-state index in [1.807, 2.05) is 0 Å². The number of aldehydes is 1. The molecule has 0 aromatic heterocycles. The van der Waals surface area contributed by atoms with E-state index in [1.165, 1.54) is 0 Å². The number of Topliss-reactive ketones (excluding diaryl/α,β-unsaturated/α-hetero) is 1. The van der Waals surface area contributed by atoms with Crippen molar-refractivity contribution in [1.82, 2.24) is 0 Å². The van der Waals surface area contributed by atoms with Crippen LogP contribution in [0.25, 0.3) is 0 Å². The number of halogens is 1. The Bertz CT molecular complexity index is 149. The summed E-state index contributed by atoms with van der Waals surface area (Å²) < 4.78 is 0. The van der Waals surface area contributed by atoms with Gasteiger partial charge in [0.25, 0.3) is 0 Å². The Balaban J connectivity index is 2.42. The average Bonchev–Trinajstić information content (AvgIpc) is 2.50. The number of carbonyl (C=O) groups is 2. The van der Waals surface area contributed by atoms with Gasteiger partial charge in [-0.1, -0.05) is 0 Å². The molecule has 0 aromatic carbocycles. The van der Waals surface area contributed by atoms with Gasteiger partial charge in [0, 0.05) is 0 Å². The van der Waals surface area contributed by atoms with Crippen molar-refractivity contribution in [1.29, 1.82) is 0 Å². The Morgan fingerprint density at radius 2 is 2.22 bits per heavy atom. The van der Waals surface area contributed by atoms with Crippen molar-refractivity contribution < 1.29 is 9.59 Å². The molecule has 0 bridgehead atoms. The van der Waals surface area contributed by atoms with Gasteiger partial charge in [-0.2, -0.15) is 0 Å². The molecular formula is C6H7ClO2. The fourth-order valence-electron chi connectivity index (χ4n) is 0.647. The van der Waals surface area contributed by atoms with E-state index in [2.05, 4.69) is 0 Å². The number of rotatable bonds is 3. The lowest BCUT2D eigenvalue weighted by Crippen LogP contribution is -2.15. The fraction of sp³-hybridized carbons (Fsp3) is 0.667. The van der Waals surface area contributed by atoms with E-state index in [9.17, 15) is 9.59 Å². The summed E-state index contributed by atoms with van der Waals surface area (Å²) in [6.45, 7) is 0. The third kappa shape index (κ3) is 1.30. The van der Waals surface area contributed by atoms with Crippen LogP contribution in [-0.2, 0) is 9.59 Å². The van der Waals surface area contributed by atoms with Crippen molar-refractivity contribution in [3.63, 3.8) is 0 Å². The summed E-state index contributed by atoms with van der Waals surface area (Å²) in [6.07, 6.45) is 2.05. The molecule has 0 N–H and O–H groups in total. The molecule has 1 saturated carbocycles. The van der Waals surface area contributed by atoms with Gasteiger partial charge in [0.2, 0.25) is 0 Å². The Kier molecular flexibility index (Phi) is 1.58. The first-order valence-corrected chi connectivity index (χ1v) is 3.23. The molecule has 1 aliphatic rings. The molecule has 50 valence electrons. The highest BCUT2D eigenvalue weighted by Gasteiger charge is 2.46. The van der Waals surface area contributed by atoms with Gasteiger partial charge >= 0.3 is 0 Å². The molecule has 0 spiro atoms. The van der Waals surface area contributed by atoms with E-state index in [1.54, 1.807) is 0 Å². The smallest absolute Gasteiger partial charge is 0.160 e. The van der Waals surface area contributed by atoms with Crippen molar-refractivity contribution in [2.75, 3.05) is 0 Å². The van der Waals surface area contributed by atoms with Crippen LogP contribution < -0.4 is 0 Å². The molecule has 0 heterocycles. The van der Waals surface area contributed by atoms with E-state index < -0.39 is 4.87 Å². The van der Waals surface area contributed by atoms with E-state index >= 15 is 0 Å². The third-order valence-electron chi connectivity index (χ3n) is 1.46. The lowest BCUT2D eigenvalue weighted by Gasteiger charge is -1.97. The first-order chi connectivity index (χ1) is 4.19. The molecule has 0 aliphatic heterocycles. The van der Waals surface area contributed by atoms with E-state index in [-0.39, 0.29) is 12.2 Å². The van der Waals surface area contributed by atoms with Crippen LogP contribution in [0.3, 0.4) is 0 Å². The minimum atomic E-state index is -0.638. The Morgan fingerprint density at radius 3 is 2.56 bits per heavy atom. The van der Waals surface area contributed by atoms with Crippen LogP contribution in [0.1, 0.15) is 19.3 Å². The molecule has 9 heavy (non-hydrogen) atoms. The molecule has 3 heteroatoms. The number of ketones is 1. The number of alkyl halides is 1. The summed E-state index contributed by atoms with van der Waals surface area (Å²) in [6, 6.07) is 0. The molecular weight excluding hydrogens is 140 g/mol. The summed E-state index contributed by atoms with van der Waals surface area (Å²) in [4.78, 5) is 19.9. The molecule has 0 atom stereocenters. The average molecular weight is 147 g/mol. The van der Waals surface area contributed by atoms with Crippen LogP contribution in [0.15, 0.2) is 0 Å². The summed E-state index contributed by atoms with van der Waals surface area (Å²) in [7, 11) is 0. The summed E-state index contributed by atoms with van der Waals surface area (Å²) in [5.74, 6) is -0.126. The monoisotopic (exact) mass is 146 g/mol. The van der Waals surface area contributed by atoms with Crippen molar-refractivity contribution in [2.45, 2.75) is 24.1 Å². The highest BCUT2D eigenvalue weighted by Crippen LogP contribution is 2.43. The third-order valence-corrected chi connectivity index (χ3v) is 2.05. The first kappa shape index (κ1) is 6.75. The van der Waals surface area contributed by atoms with Gasteiger partial charge in [-0.15, -0.1) is 11.6 Å². The molecule has 1 fully saturated rings. The van der Waals surface area contributed by atoms with E-state index in [0.29, 0.717) is 6.29 Å². The topological polar surface area (TPSA) is 34.1 Å². The van der Waals surface area contributed by atoms with Gasteiger partial charge in [-0.05, 0) is 12.8 Å². The molecule has 0 radical (unpaired) electrons. The standard InChI is InChI=1S/C6H7ClO2/c7-6(2-3-6)5(9)1-4-8/h4H,1-3H2. The van der Waals surface area contributed by atoms with E-state index in [0.717, 1.165) is 12.8 Å². The Morgan fingerprint density at radius 1 is 1.67 bits per heavy atom. The van der Waals surface area contributed by atoms with Crippen molar-refractivity contribution in [3.05, 3.63) is 0 Å². The molecule has 0 unspecified atom stereocenters. The SMILES string of the molecule is O=CCC(=O)C1(Cl)CC1. The normalized spacial score (nSPS) is 21.0. The maximum atomic E-state index is 10.8. The van der Waals surface area contributed by atoms with Gasteiger partial charge in [-0.25, -0.2) is 0 Å². The van der Waals surface area contributed by atoms with Gasteiger partial charge < -0.3 is 4.79 Å². The Labute approximate surface area is 58.2 Å². The number of hydrogen-bond acceptors (Lipinski definition) is 2. The summed E-state index contributed by atoms with van der Waals surface area (Å²) >= 11 is 5.67. The minimum Gasteiger partial charge on any atom is -0.303 e. The summed E-state index contributed by atoms with van der Waals surface area (Å²) in [5, 5.41) is 0. The summed E-state index contributed by atoms with van der Waals surface area (Å²) in [5.41, 5.74) is 0. The second-order valence-electron chi connectivity index (χ2n) is 2.26. The Hall–Kier alpha value is -0.370. The molecule has 0 aromatic rings. The van der Waals surface area contributed by atoms with Gasteiger partial charge in [0.1, 0.15) is 11.2 Å². The molecule has 0 saturated heterocycles. The van der Waals surface area contributed by atoms with Gasteiger partial charge in [0.05, 0.1) is 6.42 Å². The predicted molar refractivity (Wildman–Crippen MR) is 33.5 cm³/mol. The maximum Gasteiger partial charge on any atom is 0.160 e. The zero-order valence-corrected chi connectivity index (χ0v) is 5.65. The van der Waals surface area contributed by atoms with Crippen LogP contribution in [0, 0.1) is 0 Å². The van der Waals surface area contributed by atoms with Crippen molar-refractivity contribution >= 4 is 23.7 Å². The maximum absolute atomic E-state index is 10.8. The van der Waals surface area contributed by atoms with Crippen molar-refractivity contribution in [2.24, 2.45) is 0 Å². The van der Waals surface area contributed by atoms with Crippen LogP contribution >= 0.6 is 11.6 Å². The minimum absolute atomic E-state index is 0.0243. The molecule has 0 amide bonds.